The van der Waals surface area contributed by atoms with E-state index < -0.39 is 31.7 Å². The van der Waals surface area contributed by atoms with E-state index in [1.54, 1.807) is 39.1 Å². The van der Waals surface area contributed by atoms with Gasteiger partial charge in [0.25, 0.3) is 10.0 Å². The van der Waals surface area contributed by atoms with Gasteiger partial charge in [-0.1, -0.05) is 11.6 Å². The van der Waals surface area contributed by atoms with Crippen LogP contribution in [0.1, 0.15) is 32.8 Å². The predicted molar refractivity (Wildman–Crippen MR) is 146 cm³/mol. The second-order valence-electron chi connectivity index (χ2n) is 10.1. The molecule has 1 amide bonds. The lowest BCUT2D eigenvalue weighted by atomic mass is 10.2. The van der Waals surface area contributed by atoms with Crippen LogP contribution in [0, 0.1) is 6.92 Å². The number of amides is 1. The molecule has 0 aliphatic carbocycles. The van der Waals surface area contributed by atoms with Crippen LogP contribution in [0.4, 0.5) is 10.5 Å². The Balaban J connectivity index is 1.49. The van der Waals surface area contributed by atoms with Crippen LogP contribution < -0.4 is 4.72 Å². The molecule has 10 nitrogen and oxygen atoms in total. The minimum Gasteiger partial charge on any atom is -0.444 e. The van der Waals surface area contributed by atoms with Crippen molar-refractivity contribution in [2.45, 2.75) is 49.5 Å². The third kappa shape index (κ3) is 5.93. The van der Waals surface area contributed by atoms with Crippen LogP contribution in [0.3, 0.4) is 0 Å². The number of halogens is 1. The smallest absolute Gasteiger partial charge is 0.410 e. The van der Waals surface area contributed by atoms with Crippen molar-refractivity contribution in [2.75, 3.05) is 30.9 Å². The van der Waals surface area contributed by atoms with Gasteiger partial charge in [0, 0.05) is 37.8 Å². The maximum atomic E-state index is 13.3. The van der Waals surface area contributed by atoms with Crippen molar-refractivity contribution in [1.82, 2.24) is 14.2 Å². The van der Waals surface area contributed by atoms with E-state index in [4.69, 9.17) is 16.3 Å². The monoisotopic (exact) mass is 582 g/mol. The zero-order valence-corrected chi connectivity index (χ0v) is 24.0. The predicted octanol–water partition coefficient (Wildman–Crippen LogP) is 4.56. The zero-order chi connectivity index (χ0) is 27.9. The quantitative estimate of drug-likeness (QED) is 0.454. The summed E-state index contributed by atoms with van der Waals surface area (Å²) in [6.07, 6.45) is 1.71. The van der Waals surface area contributed by atoms with Crippen molar-refractivity contribution in [3.05, 3.63) is 53.2 Å². The number of hydrogen-bond acceptors (Lipinski definition) is 6. The number of fused-ring (bicyclic) bond motifs is 1. The average Bonchev–Trinajstić information content (AvgIpc) is 3.06. The van der Waals surface area contributed by atoms with E-state index in [0.29, 0.717) is 29.2 Å². The van der Waals surface area contributed by atoms with Gasteiger partial charge in [-0.2, -0.15) is 4.31 Å². The number of carbonyl (C=O) groups excluding carboxylic acids is 1. The summed E-state index contributed by atoms with van der Waals surface area (Å²) in [5.74, 6) is 0. The van der Waals surface area contributed by atoms with Crippen LogP contribution in [-0.2, 0) is 24.8 Å². The lowest BCUT2D eigenvalue weighted by Gasteiger charge is -2.26. The number of benzene rings is 2. The highest BCUT2D eigenvalue weighted by Gasteiger charge is 2.30. The summed E-state index contributed by atoms with van der Waals surface area (Å²) in [6, 6.07) is 8.24. The summed E-state index contributed by atoms with van der Waals surface area (Å²) in [4.78, 5) is 16.8. The Morgan fingerprint density at radius 1 is 0.974 bits per heavy atom. The Morgan fingerprint density at radius 2 is 1.63 bits per heavy atom. The number of H-pyrrole nitrogens is 1. The molecule has 1 aromatic heterocycles. The molecule has 4 rings (SSSR count). The number of hydrogen-bond donors (Lipinski definition) is 2. The lowest BCUT2D eigenvalue weighted by molar-refractivity contribution is 0.0260. The van der Waals surface area contributed by atoms with E-state index in [1.807, 2.05) is 6.92 Å². The summed E-state index contributed by atoms with van der Waals surface area (Å²) in [5.41, 5.74) is 1.11. The van der Waals surface area contributed by atoms with Gasteiger partial charge in [0.15, 0.2) is 0 Å². The van der Waals surface area contributed by atoms with Crippen LogP contribution in [0.25, 0.3) is 10.9 Å². The van der Waals surface area contributed by atoms with E-state index in [-0.39, 0.29) is 29.4 Å². The van der Waals surface area contributed by atoms with Crippen molar-refractivity contribution in [3.63, 3.8) is 0 Å². The summed E-state index contributed by atoms with van der Waals surface area (Å²) in [7, 11) is -7.91. The fourth-order valence-electron chi connectivity index (χ4n) is 4.24. The minimum atomic E-state index is -4.01. The second kappa shape index (κ2) is 10.4. The second-order valence-corrected chi connectivity index (χ2v) is 14.1. The van der Waals surface area contributed by atoms with Crippen molar-refractivity contribution < 1.29 is 26.4 Å². The molecule has 1 saturated heterocycles. The van der Waals surface area contributed by atoms with E-state index in [0.717, 1.165) is 10.9 Å². The number of nitrogens with one attached hydrogen (secondary N) is 2. The number of sulfonamides is 2. The third-order valence-corrected chi connectivity index (χ3v) is 9.71. The molecule has 2 heterocycles. The molecule has 2 aromatic carbocycles. The van der Waals surface area contributed by atoms with Gasteiger partial charge in [-0.05, 0) is 76.1 Å². The molecular weight excluding hydrogens is 552 g/mol. The van der Waals surface area contributed by atoms with Crippen LogP contribution >= 0.6 is 11.6 Å². The Bertz CT molecular complexity index is 1560. The topological polar surface area (TPSA) is 129 Å². The summed E-state index contributed by atoms with van der Waals surface area (Å²) < 4.78 is 62.0. The molecule has 2 N–H and O–H groups in total. The SMILES string of the molecule is Cc1c[nH]c2c(NS(=O)(=O)c3ccc(S(=O)(=O)N4CCCN(C(=O)OC(C)(C)C)CC4)cc3)ccc(Cl)c12. The van der Waals surface area contributed by atoms with E-state index >= 15 is 0 Å². The Hall–Kier alpha value is -2.80. The van der Waals surface area contributed by atoms with Crippen molar-refractivity contribution in [2.24, 2.45) is 0 Å². The molecule has 38 heavy (non-hydrogen) atoms. The number of nitrogens with zero attached hydrogens (tertiary/aromatic N) is 2. The average molecular weight is 583 g/mol. The number of ether oxygens (including phenoxy) is 1. The van der Waals surface area contributed by atoms with Crippen LogP contribution in [0.5, 0.6) is 0 Å². The van der Waals surface area contributed by atoms with Gasteiger partial charge in [0.1, 0.15) is 5.60 Å². The van der Waals surface area contributed by atoms with Crippen LogP contribution in [0.2, 0.25) is 5.02 Å². The number of aryl methyl sites for hydroxylation is 1. The van der Waals surface area contributed by atoms with E-state index in [9.17, 15) is 21.6 Å². The molecule has 1 aliphatic rings. The number of rotatable bonds is 5. The Morgan fingerprint density at radius 3 is 2.29 bits per heavy atom. The maximum absolute atomic E-state index is 13.3. The molecule has 0 saturated carbocycles. The fourth-order valence-corrected chi connectivity index (χ4v) is 7.09. The highest BCUT2D eigenvalue weighted by molar-refractivity contribution is 7.92. The van der Waals surface area contributed by atoms with Gasteiger partial charge in [-0.25, -0.2) is 21.6 Å². The fraction of sp³-hybridized carbons (Fsp3) is 0.400. The van der Waals surface area contributed by atoms with Gasteiger partial charge < -0.3 is 14.6 Å². The van der Waals surface area contributed by atoms with Gasteiger partial charge in [0.05, 0.1) is 26.0 Å². The first-order valence-electron chi connectivity index (χ1n) is 12.1. The Labute approximate surface area is 228 Å². The summed E-state index contributed by atoms with van der Waals surface area (Å²) >= 11 is 6.26. The zero-order valence-electron chi connectivity index (χ0n) is 21.6. The molecule has 0 bridgehead atoms. The summed E-state index contributed by atoms with van der Waals surface area (Å²) in [5, 5.41) is 1.22. The van der Waals surface area contributed by atoms with Gasteiger partial charge in [-0.15, -0.1) is 0 Å². The molecular formula is C25H31ClN4O6S2. The number of anilines is 1. The van der Waals surface area contributed by atoms with Crippen LogP contribution in [0.15, 0.2) is 52.4 Å². The first-order chi connectivity index (χ1) is 17.7. The minimum absolute atomic E-state index is 0.0314. The van der Waals surface area contributed by atoms with Gasteiger partial charge in [0.2, 0.25) is 10.0 Å². The molecule has 1 fully saturated rings. The first kappa shape index (κ1) is 28.2. The molecule has 0 spiro atoms. The molecule has 0 unspecified atom stereocenters. The van der Waals surface area contributed by atoms with E-state index in [2.05, 4.69) is 9.71 Å². The normalized spacial score (nSPS) is 15.9. The molecule has 13 heteroatoms. The van der Waals surface area contributed by atoms with Crippen molar-refractivity contribution >= 4 is 54.3 Å². The molecule has 0 atom stereocenters. The standard InChI is InChI=1S/C25H31ClN4O6S2/c1-17-16-27-23-21(11-10-20(26)22(17)23)28-37(32,33)18-6-8-19(9-7-18)38(34,35)30-13-5-12-29(14-15-30)24(31)36-25(2,3)4/h6-11,16,27-28H,5,12-15H2,1-4H3. The number of aromatic nitrogens is 1. The summed E-state index contributed by atoms with van der Waals surface area (Å²) in [6.45, 7) is 8.08. The van der Waals surface area contributed by atoms with Crippen molar-refractivity contribution in [1.29, 1.82) is 0 Å². The maximum Gasteiger partial charge on any atom is 0.410 e. The van der Waals surface area contributed by atoms with E-state index in [1.165, 1.54) is 33.5 Å². The first-order valence-corrected chi connectivity index (χ1v) is 15.4. The lowest BCUT2D eigenvalue weighted by Crippen LogP contribution is -2.40. The highest BCUT2D eigenvalue weighted by Crippen LogP contribution is 2.33. The molecule has 1 aliphatic heterocycles. The Kier molecular flexibility index (Phi) is 7.72. The third-order valence-electron chi connectivity index (χ3n) is 6.10. The number of aromatic amines is 1. The van der Waals surface area contributed by atoms with Crippen LogP contribution in [-0.4, -0.2) is 68.9 Å². The number of carbonyl (C=O) groups is 1. The molecule has 0 radical (unpaired) electrons. The largest absolute Gasteiger partial charge is 0.444 e. The molecule has 3 aromatic rings. The van der Waals surface area contributed by atoms with Crippen molar-refractivity contribution in [3.8, 4) is 0 Å². The van der Waals surface area contributed by atoms with Gasteiger partial charge in [-0.3, -0.25) is 4.72 Å². The van der Waals surface area contributed by atoms with Gasteiger partial charge >= 0.3 is 6.09 Å². The molecule has 206 valence electrons. The highest BCUT2D eigenvalue weighted by atomic mass is 35.5.